The lowest BCUT2D eigenvalue weighted by molar-refractivity contribution is -0.141. The molecule has 6 atom stereocenters. The minimum Gasteiger partial charge on any atom is -0.508 e. The van der Waals surface area contributed by atoms with Crippen LogP contribution >= 0.6 is 11.3 Å². The summed E-state index contributed by atoms with van der Waals surface area (Å²) in [6.45, 7) is 14.5. The molecule has 0 spiro atoms. The molecule has 7 aromatic rings. The quantitative estimate of drug-likeness (QED) is 0.0634. The van der Waals surface area contributed by atoms with Crippen LogP contribution in [0.4, 0.5) is 10.2 Å². The maximum atomic E-state index is 17.1. The number of nitrogens with zero attached hydrogens (tertiary/aromatic N) is 8. The van der Waals surface area contributed by atoms with Gasteiger partial charge >= 0.3 is 6.01 Å². The molecule has 4 fully saturated rings. The molecular weight excluding hydrogens is 1010 g/mol. The van der Waals surface area contributed by atoms with Gasteiger partial charge in [-0.2, -0.15) is 9.97 Å². The predicted molar refractivity (Wildman–Crippen MR) is 297 cm³/mol. The first kappa shape index (κ1) is 53.2. The van der Waals surface area contributed by atoms with E-state index in [2.05, 4.69) is 37.5 Å². The van der Waals surface area contributed by atoms with Gasteiger partial charge in [-0.25, -0.2) is 9.37 Å². The number of hydrogen-bond donors (Lipinski definition) is 4. The van der Waals surface area contributed by atoms with Crippen molar-refractivity contribution in [2.75, 3.05) is 57.4 Å². The van der Waals surface area contributed by atoms with Crippen molar-refractivity contribution in [3.63, 3.8) is 0 Å². The largest absolute Gasteiger partial charge is 0.508 e. The Bertz CT molecular complexity index is 3280. The van der Waals surface area contributed by atoms with Gasteiger partial charge in [0, 0.05) is 62.5 Å². The van der Waals surface area contributed by atoms with E-state index in [1.54, 1.807) is 35.7 Å². The highest BCUT2D eigenvalue weighted by atomic mass is 32.1. The lowest BCUT2D eigenvalue weighted by Gasteiger charge is -2.34. The maximum Gasteiger partial charge on any atom is 0.319 e. The van der Waals surface area contributed by atoms with E-state index in [-0.39, 0.29) is 59.7 Å². The normalized spacial score (nSPS) is 20.7. The van der Waals surface area contributed by atoms with Gasteiger partial charge in [0.25, 0.3) is 5.88 Å². The highest BCUT2D eigenvalue weighted by Crippen LogP contribution is 2.40. The van der Waals surface area contributed by atoms with Gasteiger partial charge in [-0.15, -0.1) is 11.3 Å². The summed E-state index contributed by atoms with van der Waals surface area (Å²) in [5, 5.41) is 34.6. The summed E-state index contributed by atoms with van der Waals surface area (Å²) >= 11 is 1.59. The molecule has 4 unspecified atom stereocenters. The van der Waals surface area contributed by atoms with E-state index in [1.165, 1.54) is 4.90 Å². The van der Waals surface area contributed by atoms with Crippen molar-refractivity contribution in [1.82, 2.24) is 45.5 Å². The second-order valence-electron chi connectivity index (χ2n) is 22.0. The monoisotopic (exact) mass is 1080 g/mol. The molecule has 11 rings (SSSR count). The number of anilines is 1. The van der Waals surface area contributed by atoms with E-state index in [0.717, 1.165) is 103 Å². The third-order valence-corrected chi connectivity index (χ3v) is 17.3. The van der Waals surface area contributed by atoms with Crippen LogP contribution in [0.3, 0.4) is 0 Å². The number of β-amino-alcohol motifs (C(OH)–C–C–N with tert-alkyl or cyclic N) is 1. The number of hydrogen-bond acceptors (Lipinski definition) is 16. The number of carbonyl (C=O) groups excluding carboxylic acids is 2. The Morgan fingerprint density at radius 2 is 1.74 bits per heavy atom. The number of ether oxygens (including phenoxy) is 2. The van der Waals surface area contributed by atoms with E-state index in [0.29, 0.717) is 66.2 Å². The number of thiazole rings is 1. The Kier molecular flexibility index (Phi) is 15.6. The molecule has 0 radical (unpaired) electrons. The molecule has 19 heteroatoms. The number of benzene rings is 3. The number of carbonyl (C=O) groups is 2. The first-order valence-electron chi connectivity index (χ1n) is 27.6. The molecule has 2 amide bonds. The van der Waals surface area contributed by atoms with Gasteiger partial charge in [0.2, 0.25) is 11.8 Å². The number of nitrogens with one attached hydrogen (secondary N) is 2. The number of phenolic OH excluding ortho intramolecular Hbond substituents is 1. The molecular formula is C59H69FN10O7S. The number of aliphatic hydroxyl groups is 1. The molecule has 410 valence electrons. The molecule has 4 aromatic heterocycles. The zero-order valence-corrected chi connectivity index (χ0v) is 45.8. The van der Waals surface area contributed by atoms with Crippen molar-refractivity contribution in [3.05, 3.63) is 101 Å². The van der Waals surface area contributed by atoms with Crippen LogP contribution in [0.1, 0.15) is 101 Å². The summed E-state index contributed by atoms with van der Waals surface area (Å²) in [5.41, 5.74) is 6.60. The number of aromatic hydroxyl groups is 1. The molecule has 3 aromatic carbocycles. The zero-order valence-electron chi connectivity index (χ0n) is 45.0. The van der Waals surface area contributed by atoms with Gasteiger partial charge in [0.1, 0.15) is 41.3 Å². The Labute approximate surface area is 457 Å². The van der Waals surface area contributed by atoms with Crippen LogP contribution in [0.25, 0.3) is 43.4 Å². The summed E-state index contributed by atoms with van der Waals surface area (Å²) in [6, 6.07) is 18.5. The Morgan fingerprint density at radius 3 is 2.47 bits per heavy atom. The van der Waals surface area contributed by atoms with Crippen LogP contribution in [0.15, 0.2) is 76.9 Å². The second kappa shape index (κ2) is 22.9. The average molecular weight is 1080 g/mol. The SMILES string of the molecule is CCc1cccc2cc(O)cc(-c3ncc4c(N5CC6CCC(C5)N6)nc(OCCN5CCC(CCOc6cc(C(C(=O)N7C[C@H](O)C[C@H]7C(=O)NC(C)c7ccc(-c8scnc8C)cc7)C(C)C)on6)CC5)nc4c3F)c12. The lowest BCUT2D eigenvalue weighted by Crippen LogP contribution is -2.51. The number of phenols is 1. The molecule has 4 aliphatic rings. The molecule has 4 aliphatic heterocycles. The summed E-state index contributed by atoms with van der Waals surface area (Å²) in [5.74, 6) is -0.403. The summed E-state index contributed by atoms with van der Waals surface area (Å²) in [6.07, 6.45) is 6.61. The molecule has 0 aliphatic carbocycles. The van der Waals surface area contributed by atoms with Crippen LogP contribution in [-0.2, 0) is 16.0 Å². The average Bonchev–Trinajstić information content (AvgIpc) is 4.26. The molecule has 4 N–H and O–H groups in total. The Balaban J connectivity index is 0.682. The fraction of sp³-hybridized carbons (Fsp3) is 0.475. The molecule has 0 saturated carbocycles. The van der Waals surface area contributed by atoms with Crippen LogP contribution in [0.5, 0.6) is 17.6 Å². The fourth-order valence-electron chi connectivity index (χ4n) is 12.2. The molecule has 78 heavy (non-hydrogen) atoms. The van der Waals surface area contributed by atoms with E-state index >= 15 is 4.39 Å². The van der Waals surface area contributed by atoms with Crippen molar-refractivity contribution in [1.29, 1.82) is 0 Å². The second-order valence-corrected chi connectivity index (χ2v) is 22.8. The predicted octanol–water partition coefficient (Wildman–Crippen LogP) is 8.75. The summed E-state index contributed by atoms with van der Waals surface area (Å²) < 4.78 is 35.3. The highest BCUT2D eigenvalue weighted by molar-refractivity contribution is 7.13. The number of aryl methyl sites for hydroxylation is 2. The fourth-order valence-corrected chi connectivity index (χ4v) is 13.0. The molecule has 17 nitrogen and oxygen atoms in total. The number of halogens is 1. The molecule has 4 saturated heterocycles. The number of piperidine rings is 1. The summed E-state index contributed by atoms with van der Waals surface area (Å²) in [4.78, 5) is 53.9. The van der Waals surface area contributed by atoms with Gasteiger partial charge < -0.3 is 44.6 Å². The standard InChI is InChI=1S/C59H69FN10O7S/c1-6-37-8-7-9-40-24-43(71)25-45(51(37)40)53-52(60)54-46(28-61-53)56(69-29-41-14-15-42(30-69)64-41)66-59(65-54)76-23-21-68-19-16-36(17-20-68)18-22-75-49-27-48(77-67-49)50(33(2)3)58(74)70-31-44(72)26-47(70)57(73)63-34(4)38-10-12-39(13-11-38)55-35(5)62-32-78-55/h7-13,24-25,27-28,32-34,36,41-42,44,47,50,64,71-72H,6,14-23,26,29-31H2,1-5H3,(H,63,73)/t34?,41?,42?,44-,47+,50?/m1/s1. The van der Waals surface area contributed by atoms with E-state index in [1.807, 2.05) is 75.7 Å². The lowest BCUT2D eigenvalue weighted by atomic mass is 9.91. The van der Waals surface area contributed by atoms with Crippen LogP contribution in [-0.4, -0.2) is 134 Å². The topological polar surface area (TPSA) is 204 Å². The van der Waals surface area contributed by atoms with Crippen molar-refractivity contribution in [3.8, 4) is 39.3 Å². The van der Waals surface area contributed by atoms with E-state index in [9.17, 15) is 19.8 Å². The van der Waals surface area contributed by atoms with Crippen LogP contribution < -0.4 is 25.0 Å². The number of likely N-dealkylation sites (tertiary alicyclic amines) is 2. The highest BCUT2D eigenvalue weighted by Gasteiger charge is 2.44. The Hall–Kier alpha value is -6.80. The first-order valence-corrected chi connectivity index (χ1v) is 28.5. The first-order chi connectivity index (χ1) is 37.8. The molecule has 8 heterocycles. The van der Waals surface area contributed by atoms with Gasteiger partial charge in [-0.3, -0.25) is 19.5 Å². The van der Waals surface area contributed by atoms with Crippen LogP contribution in [0.2, 0.25) is 0 Å². The van der Waals surface area contributed by atoms with Gasteiger partial charge in [0.15, 0.2) is 11.6 Å². The number of amides is 2. The number of piperazine rings is 1. The number of pyridine rings is 1. The minimum absolute atomic E-state index is 0.0349. The third kappa shape index (κ3) is 11.1. The number of aromatic nitrogens is 5. The van der Waals surface area contributed by atoms with Crippen molar-refractivity contribution in [2.45, 2.75) is 116 Å². The van der Waals surface area contributed by atoms with Gasteiger partial charge in [-0.05, 0) is 122 Å². The maximum absolute atomic E-state index is 17.1. The smallest absolute Gasteiger partial charge is 0.319 e. The van der Waals surface area contributed by atoms with Crippen molar-refractivity contribution in [2.24, 2.45) is 11.8 Å². The van der Waals surface area contributed by atoms with Crippen molar-refractivity contribution >= 4 is 50.6 Å². The van der Waals surface area contributed by atoms with Crippen LogP contribution in [0, 0.1) is 24.6 Å². The number of aliphatic hydroxyl groups excluding tert-OH is 1. The minimum atomic E-state index is -0.843. The van der Waals surface area contributed by atoms with E-state index < -0.39 is 23.9 Å². The molecule has 2 bridgehead atoms. The third-order valence-electron chi connectivity index (χ3n) is 16.4. The Morgan fingerprint density at radius 1 is 0.962 bits per heavy atom. The van der Waals surface area contributed by atoms with Gasteiger partial charge in [0.05, 0.1) is 40.2 Å². The summed E-state index contributed by atoms with van der Waals surface area (Å²) in [7, 11) is 0. The number of fused-ring (bicyclic) bond motifs is 4. The van der Waals surface area contributed by atoms with Crippen molar-refractivity contribution < 1.29 is 38.2 Å². The number of rotatable bonds is 18. The van der Waals surface area contributed by atoms with Gasteiger partial charge in [-0.1, -0.05) is 63.2 Å². The zero-order chi connectivity index (χ0) is 54.2. The van der Waals surface area contributed by atoms with E-state index in [4.69, 9.17) is 28.9 Å².